The summed E-state index contributed by atoms with van der Waals surface area (Å²) in [6.07, 6.45) is -2.52. The molecule has 0 atom stereocenters. The van der Waals surface area contributed by atoms with Crippen molar-refractivity contribution in [1.82, 2.24) is 20.4 Å². The van der Waals surface area contributed by atoms with E-state index in [1.54, 1.807) is 0 Å². The lowest BCUT2D eigenvalue weighted by Gasteiger charge is -1.98. The molecule has 0 amide bonds. The Balaban J connectivity index is 2.30. The van der Waals surface area contributed by atoms with Gasteiger partial charge in [-0.05, 0) is 0 Å². The van der Waals surface area contributed by atoms with E-state index in [1.165, 1.54) is 0 Å². The van der Waals surface area contributed by atoms with Gasteiger partial charge in [0.2, 0.25) is 5.78 Å². The van der Waals surface area contributed by atoms with Gasteiger partial charge >= 0.3 is 6.18 Å². The first-order valence-electron chi connectivity index (χ1n) is 3.92. The Labute approximate surface area is 90.3 Å². The van der Waals surface area contributed by atoms with E-state index < -0.39 is 17.0 Å². The van der Waals surface area contributed by atoms with Crippen molar-refractivity contribution in [2.75, 3.05) is 0 Å². The van der Waals surface area contributed by atoms with Crippen LogP contribution in [-0.4, -0.2) is 26.2 Å². The van der Waals surface area contributed by atoms with Crippen molar-refractivity contribution in [3.63, 3.8) is 0 Å². The maximum absolute atomic E-state index is 12.2. The molecule has 84 valence electrons. The van der Waals surface area contributed by atoms with Gasteiger partial charge in [-0.3, -0.25) is 4.79 Å². The van der Waals surface area contributed by atoms with Crippen molar-refractivity contribution in [3.8, 4) is 0 Å². The third-order valence-corrected chi connectivity index (χ3v) is 2.66. The summed E-state index contributed by atoms with van der Waals surface area (Å²) in [5, 5.41) is 8.01. The number of hydrogen-bond acceptors (Lipinski definition) is 5. The highest BCUT2D eigenvalue weighted by Gasteiger charge is 2.35. The highest BCUT2D eigenvalue weighted by molar-refractivity contribution is 7.13. The molecule has 5 nitrogen and oxygen atoms in total. The lowest BCUT2D eigenvalue weighted by Crippen LogP contribution is -2.03. The first kappa shape index (κ1) is 10.7. The van der Waals surface area contributed by atoms with Crippen molar-refractivity contribution in [3.05, 3.63) is 28.0 Å². The van der Waals surface area contributed by atoms with Crippen LogP contribution in [0.25, 0.3) is 0 Å². The van der Waals surface area contributed by atoms with Crippen molar-refractivity contribution in [1.29, 1.82) is 0 Å². The minimum absolute atomic E-state index is 0.0441. The topological polar surface area (TPSA) is 71.5 Å². The molecule has 0 saturated carbocycles. The van der Waals surface area contributed by atoms with Gasteiger partial charge in [0.25, 0.3) is 0 Å². The Kier molecular flexibility index (Phi) is 2.46. The predicted octanol–water partition coefficient (Wildman–Crippen LogP) is 1.51. The van der Waals surface area contributed by atoms with Gasteiger partial charge in [-0.15, -0.1) is 11.3 Å². The van der Waals surface area contributed by atoms with Crippen molar-refractivity contribution in [2.45, 2.75) is 6.18 Å². The summed E-state index contributed by atoms with van der Waals surface area (Å²) in [4.78, 5) is 14.5. The first-order chi connectivity index (χ1) is 7.48. The van der Waals surface area contributed by atoms with E-state index in [2.05, 4.69) is 20.4 Å². The number of ketones is 1. The number of carbonyl (C=O) groups excluding carboxylic acids is 1. The summed E-state index contributed by atoms with van der Waals surface area (Å²) >= 11 is 0.279. The van der Waals surface area contributed by atoms with E-state index >= 15 is 0 Å². The van der Waals surface area contributed by atoms with Gasteiger partial charge in [-0.1, -0.05) is 0 Å². The van der Waals surface area contributed by atoms with Crippen LogP contribution < -0.4 is 0 Å². The van der Waals surface area contributed by atoms with Crippen LogP contribution in [0.1, 0.15) is 20.4 Å². The van der Waals surface area contributed by atoms with Crippen molar-refractivity contribution >= 4 is 17.1 Å². The van der Waals surface area contributed by atoms with Gasteiger partial charge in [0.15, 0.2) is 10.7 Å². The molecule has 1 N–H and O–H groups in total. The Morgan fingerprint density at radius 1 is 1.38 bits per heavy atom. The van der Waals surface area contributed by atoms with Crippen LogP contribution in [0.3, 0.4) is 0 Å². The maximum atomic E-state index is 12.2. The summed E-state index contributed by atoms with van der Waals surface area (Å²) in [7, 11) is 0. The molecule has 0 aliphatic rings. The molecule has 0 aliphatic carbocycles. The summed E-state index contributed by atoms with van der Waals surface area (Å²) in [5.41, 5.74) is -0.0441. The van der Waals surface area contributed by atoms with Crippen LogP contribution in [0.5, 0.6) is 0 Å². The molecule has 9 heteroatoms. The van der Waals surface area contributed by atoms with Crippen LogP contribution in [0, 0.1) is 0 Å². The largest absolute Gasteiger partial charge is 0.443 e. The minimum Gasteiger partial charge on any atom is -0.286 e. The van der Waals surface area contributed by atoms with Gasteiger partial charge in [-0.2, -0.15) is 28.6 Å². The van der Waals surface area contributed by atoms with Crippen LogP contribution in [0.15, 0.2) is 12.4 Å². The molecule has 0 fully saturated rings. The lowest BCUT2D eigenvalue weighted by molar-refractivity contribution is -0.137. The van der Waals surface area contributed by atoms with E-state index in [0.717, 1.165) is 12.4 Å². The Morgan fingerprint density at radius 2 is 2.12 bits per heavy atom. The van der Waals surface area contributed by atoms with Crippen LogP contribution in [-0.2, 0) is 6.18 Å². The minimum atomic E-state index is -4.53. The number of aromatic nitrogens is 4. The lowest BCUT2D eigenvalue weighted by atomic mass is 10.3. The normalized spacial score (nSPS) is 11.7. The van der Waals surface area contributed by atoms with Crippen LogP contribution in [0.2, 0.25) is 0 Å². The molecule has 16 heavy (non-hydrogen) atoms. The predicted molar refractivity (Wildman–Crippen MR) is 46.9 cm³/mol. The molecular weight excluding hydrogens is 245 g/mol. The molecule has 2 aromatic rings. The summed E-state index contributed by atoms with van der Waals surface area (Å²) in [6, 6.07) is 0. The third-order valence-electron chi connectivity index (χ3n) is 1.62. The molecule has 0 saturated heterocycles. The number of carbonyl (C=O) groups is 1. The fourth-order valence-corrected chi connectivity index (χ4v) is 1.68. The zero-order chi connectivity index (χ0) is 11.8. The Morgan fingerprint density at radius 3 is 2.62 bits per heavy atom. The monoisotopic (exact) mass is 248 g/mol. The van der Waals surface area contributed by atoms with E-state index in [-0.39, 0.29) is 21.9 Å². The molecule has 2 heterocycles. The molecule has 0 unspecified atom stereocenters. The van der Waals surface area contributed by atoms with E-state index in [1.807, 2.05) is 0 Å². The van der Waals surface area contributed by atoms with E-state index in [9.17, 15) is 18.0 Å². The number of nitrogens with one attached hydrogen (secondary N) is 1. The Hall–Kier alpha value is -1.77. The number of aromatic amines is 1. The average Bonchev–Trinajstić information content (AvgIpc) is 2.87. The summed E-state index contributed by atoms with van der Waals surface area (Å²) in [6.45, 7) is 0. The van der Waals surface area contributed by atoms with Gasteiger partial charge in [0.1, 0.15) is 0 Å². The van der Waals surface area contributed by atoms with Crippen molar-refractivity contribution in [2.24, 2.45) is 0 Å². The second-order valence-electron chi connectivity index (χ2n) is 2.71. The number of nitrogens with zero attached hydrogens (tertiary/aromatic N) is 3. The number of rotatable bonds is 2. The van der Waals surface area contributed by atoms with Crippen LogP contribution in [0.4, 0.5) is 13.2 Å². The fraction of sp³-hybridized carbons (Fsp3) is 0.143. The first-order valence-corrected chi connectivity index (χ1v) is 4.73. The number of hydrogen-bond donors (Lipinski definition) is 1. The van der Waals surface area contributed by atoms with E-state index in [0.29, 0.717) is 0 Å². The number of H-pyrrole nitrogens is 1. The molecule has 0 radical (unpaired) electrons. The van der Waals surface area contributed by atoms with Gasteiger partial charge in [0.05, 0.1) is 11.1 Å². The molecule has 0 aliphatic heterocycles. The smallest absolute Gasteiger partial charge is 0.286 e. The highest BCUT2D eigenvalue weighted by Crippen LogP contribution is 2.32. The fourth-order valence-electron chi connectivity index (χ4n) is 0.947. The van der Waals surface area contributed by atoms with Crippen LogP contribution >= 0.6 is 11.3 Å². The van der Waals surface area contributed by atoms with Gasteiger partial charge in [0, 0.05) is 6.20 Å². The zero-order valence-electron chi connectivity index (χ0n) is 7.45. The standard InChI is InChI=1S/C7H3F3N4OS/c8-7(9,10)6-11-2-4(16-6)5(15)3-1-12-14-13-3/h1-2H,(H,12,13,14). The summed E-state index contributed by atoms with van der Waals surface area (Å²) in [5.74, 6) is -0.637. The molecular formula is C7H3F3N4OS. The van der Waals surface area contributed by atoms with Gasteiger partial charge < -0.3 is 0 Å². The Bertz CT molecular complexity index is 504. The molecule has 0 aromatic carbocycles. The number of halogens is 3. The molecule has 0 bridgehead atoms. The second-order valence-corrected chi connectivity index (χ2v) is 3.74. The van der Waals surface area contributed by atoms with Crippen molar-refractivity contribution < 1.29 is 18.0 Å². The zero-order valence-corrected chi connectivity index (χ0v) is 8.26. The molecule has 2 rings (SSSR count). The number of alkyl halides is 3. The van der Waals surface area contributed by atoms with Gasteiger partial charge in [-0.25, -0.2) is 4.98 Å². The summed E-state index contributed by atoms with van der Waals surface area (Å²) < 4.78 is 36.6. The quantitative estimate of drug-likeness (QED) is 0.818. The highest BCUT2D eigenvalue weighted by atomic mass is 32.1. The number of thiazole rings is 1. The second kappa shape index (κ2) is 3.67. The molecule has 0 spiro atoms. The molecule has 2 aromatic heterocycles. The average molecular weight is 248 g/mol. The van der Waals surface area contributed by atoms with E-state index in [4.69, 9.17) is 0 Å². The third kappa shape index (κ3) is 1.94. The maximum Gasteiger partial charge on any atom is 0.443 e. The SMILES string of the molecule is O=C(c1cn[nH]n1)c1cnc(C(F)(F)F)s1.